The van der Waals surface area contributed by atoms with Gasteiger partial charge in [0.05, 0.1) is 19.3 Å². The first-order valence-electron chi connectivity index (χ1n) is 5.56. The van der Waals surface area contributed by atoms with E-state index in [1.165, 1.54) is 0 Å². The minimum Gasteiger partial charge on any atom is -0.346 e. The number of benzene rings is 1. The zero-order chi connectivity index (χ0) is 12.3. The minimum absolute atomic E-state index is 0.203. The number of carbonyl (C=O) groups is 1. The molecule has 1 aromatic rings. The second-order valence-electron chi connectivity index (χ2n) is 3.97. The van der Waals surface area contributed by atoms with Crippen LogP contribution in [-0.4, -0.2) is 25.2 Å². The summed E-state index contributed by atoms with van der Waals surface area (Å²) in [6.45, 7) is 2.88. The maximum atomic E-state index is 11.4. The van der Waals surface area contributed by atoms with Gasteiger partial charge in [-0.3, -0.25) is 4.79 Å². The molecule has 0 spiro atoms. The topological polar surface area (TPSA) is 73.6 Å². The van der Waals surface area contributed by atoms with Crippen LogP contribution in [0.4, 0.5) is 5.69 Å². The van der Waals surface area contributed by atoms with Crippen molar-refractivity contribution < 1.29 is 14.3 Å². The Bertz CT molecular complexity index is 383. The molecule has 5 nitrogen and oxygen atoms in total. The van der Waals surface area contributed by atoms with Gasteiger partial charge >= 0.3 is 0 Å². The van der Waals surface area contributed by atoms with Gasteiger partial charge in [0.1, 0.15) is 0 Å². The van der Waals surface area contributed by atoms with Gasteiger partial charge in [0, 0.05) is 11.3 Å². The van der Waals surface area contributed by atoms with Crippen LogP contribution in [0.1, 0.15) is 18.8 Å². The molecule has 1 aliphatic heterocycles. The molecule has 2 rings (SSSR count). The first kappa shape index (κ1) is 12.0. The lowest BCUT2D eigenvalue weighted by Gasteiger charge is -2.11. The molecule has 1 aromatic carbocycles. The number of rotatable bonds is 3. The van der Waals surface area contributed by atoms with Gasteiger partial charge in [-0.25, -0.2) is 0 Å². The summed E-state index contributed by atoms with van der Waals surface area (Å²) in [6.07, 6.45) is -0.284. The second-order valence-corrected chi connectivity index (χ2v) is 3.97. The van der Waals surface area contributed by atoms with Crippen LogP contribution in [0.2, 0.25) is 0 Å². The van der Waals surface area contributed by atoms with E-state index in [4.69, 9.17) is 15.2 Å². The zero-order valence-corrected chi connectivity index (χ0v) is 9.68. The lowest BCUT2D eigenvalue weighted by atomic mass is 10.2. The van der Waals surface area contributed by atoms with E-state index in [1.54, 1.807) is 19.1 Å². The van der Waals surface area contributed by atoms with Gasteiger partial charge in [0.15, 0.2) is 6.29 Å². The number of anilines is 1. The van der Waals surface area contributed by atoms with Crippen molar-refractivity contribution in [2.45, 2.75) is 19.3 Å². The van der Waals surface area contributed by atoms with Crippen molar-refractivity contribution in [2.75, 3.05) is 18.5 Å². The van der Waals surface area contributed by atoms with Gasteiger partial charge in [0.25, 0.3) is 0 Å². The molecule has 0 unspecified atom stereocenters. The third kappa shape index (κ3) is 3.03. The van der Waals surface area contributed by atoms with Crippen molar-refractivity contribution >= 4 is 11.6 Å². The Morgan fingerprint density at radius 1 is 1.35 bits per heavy atom. The number of nitrogens with one attached hydrogen (secondary N) is 1. The molecule has 17 heavy (non-hydrogen) atoms. The van der Waals surface area contributed by atoms with Crippen molar-refractivity contribution in [3.8, 4) is 0 Å². The normalized spacial score (nSPS) is 18.0. The first-order valence-corrected chi connectivity index (χ1v) is 5.56. The van der Waals surface area contributed by atoms with Gasteiger partial charge in [-0.2, -0.15) is 0 Å². The maximum Gasteiger partial charge on any atom is 0.240 e. The fraction of sp³-hybridized carbons (Fsp3) is 0.417. The van der Waals surface area contributed by atoms with Gasteiger partial charge in [0.2, 0.25) is 5.91 Å². The quantitative estimate of drug-likeness (QED) is 0.821. The third-order valence-electron chi connectivity index (χ3n) is 2.49. The molecule has 0 saturated carbocycles. The van der Waals surface area contributed by atoms with Crippen molar-refractivity contribution in [1.82, 2.24) is 0 Å². The molecule has 1 aliphatic rings. The summed E-state index contributed by atoms with van der Waals surface area (Å²) in [7, 11) is 0. The third-order valence-corrected chi connectivity index (χ3v) is 2.49. The van der Waals surface area contributed by atoms with E-state index in [1.807, 2.05) is 12.1 Å². The number of nitrogens with two attached hydrogens (primary N) is 1. The average molecular weight is 236 g/mol. The smallest absolute Gasteiger partial charge is 0.240 e. The molecule has 0 aromatic heterocycles. The summed E-state index contributed by atoms with van der Waals surface area (Å²) in [4.78, 5) is 11.4. The Balaban J connectivity index is 2.00. The van der Waals surface area contributed by atoms with Crippen molar-refractivity contribution in [1.29, 1.82) is 0 Å². The van der Waals surface area contributed by atoms with E-state index in [0.29, 0.717) is 18.9 Å². The summed E-state index contributed by atoms with van der Waals surface area (Å²) in [5, 5.41) is 2.71. The van der Waals surface area contributed by atoms with Crippen molar-refractivity contribution in [3.63, 3.8) is 0 Å². The Kier molecular flexibility index (Phi) is 3.73. The number of ether oxygens (including phenoxy) is 2. The summed E-state index contributed by atoms with van der Waals surface area (Å²) in [5.74, 6) is -0.203. The van der Waals surface area contributed by atoms with Gasteiger partial charge in [-0.15, -0.1) is 0 Å². The lowest BCUT2D eigenvalue weighted by molar-refractivity contribution is -0.117. The number of hydrogen-bond acceptors (Lipinski definition) is 4. The highest BCUT2D eigenvalue weighted by molar-refractivity contribution is 5.94. The molecule has 3 N–H and O–H groups in total. The Morgan fingerprint density at radius 2 is 1.94 bits per heavy atom. The highest BCUT2D eigenvalue weighted by Gasteiger charge is 2.17. The molecule has 1 fully saturated rings. The van der Waals surface area contributed by atoms with Gasteiger partial charge in [-0.05, 0) is 19.1 Å². The van der Waals surface area contributed by atoms with Gasteiger partial charge in [-0.1, -0.05) is 12.1 Å². The second kappa shape index (κ2) is 5.27. The summed E-state index contributed by atoms with van der Waals surface area (Å²) in [5.41, 5.74) is 7.12. The predicted octanol–water partition coefficient (Wildman–Crippen LogP) is 1.02. The SMILES string of the molecule is C[C@H](N)C(=O)Nc1ccc(C2OCCO2)cc1. The molecule has 0 bridgehead atoms. The molecule has 0 radical (unpaired) electrons. The highest BCUT2D eigenvalue weighted by atomic mass is 16.7. The van der Waals surface area contributed by atoms with Crippen LogP contribution < -0.4 is 11.1 Å². The van der Waals surface area contributed by atoms with Crippen molar-refractivity contribution in [3.05, 3.63) is 29.8 Å². The maximum absolute atomic E-state index is 11.4. The molecule has 1 atom stereocenters. The van der Waals surface area contributed by atoms with Crippen LogP contribution >= 0.6 is 0 Å². The summed E-state index contributed by atoms with van der Waals surface area (Å²) < 4.78 is 10.7. The molecule has 92 valence electrons. The first-order chi connectivity index (χ1) is 8.16. The van der Waals surface area contributed by atoms with Crippen LogP contribution in [0.5, 0.6) is 0 Å². The minimum atomic E-state index is -0.517. The summed E-state index contributed by atoms with van der Waals surface area (Å²) in [6, 6.07) is 6.83. The standard InChI is InChI=1S/C12H16N2O3/c1-8(13)11(15)14-10-4-2-9(3-5-10)12-16-6-7-17-12/h2-5,8,12H,6-7,13H2,1H3,(H,14,15)/t8-/m0/s1. The van der Waals surface area contributed by atoms with E-state index in [2.05, 4.69) is 5.32 Å². The van der Waals surface area contributed by atoms with Crippen LogP contribution in [-0.2, 0) is 14.3 Å². The summed E-state index contributed by atoms with van der Waals surface area (Å²) >= 11 is 0. The molecule has 1 amide bonds. The average Bonchev–Trinajstić information content (AvgIpc) is 2.83. The largest absolute Gasteiger partial charge is 0.346 e. The number of carbonyl (C=O) groups excluding carboxylic acids is 1. The Morgan fingerprint density at radius 3 is 2.47 bits per heavy atom. The Labute approximate surface area is 99.9 Å². The van der Waals surface area contributed by atoms with Gasteiger partial charge < -0.3 is 20.5 Å². The lowest BCUT2D eigenvalue weighted by Crippen LogP contribution is -2.32. The number of hydrogen-bond donors (Lipinski definition) is 2. The van der Waals surface area contributed by atoms with E-state index < -0.39 is 6.04 Å². The molecule has 0 aliphatic carbocycles. The molecular formula is C12H16N2O3. The highest BCUT2D eigenvalue weighted by Crippen LogP contribution is 2.24. The number of amides is 1. The fourth-order valence-corrected chi connectivity index (χ4v) is 1.53. The fourth-order valence-electron chi connectivity index (χ4n) is 1.53. The van der Waals surface area contributed by atoms with Crippen LogP contribution in [0.3, 0.4) is 0 Å². The van der Waals surface area contributed by atoms with Crippen LogP contribution in [0, 0.1) is 0 Å². The Hall–Kier alpha value is -1.43. The molecule has 1 heterocycles. The van der Waals surface area contributed by atoms with Crippen LogP contribution in [0.25, 0.3) is 0 Å². The van der Waals surface area contributed by atoms with E-state index in [9.17, 15) is 4.79 Å². The van der Waals surface area contributed by atoms with E-state index in [-0.39, 0.29) is 12.2 Å². The van der Waals surface area contributed by atoms with Crippen LogP contribution in [0.15, 0.2) is 24.3 Å². The molecule has 1 saturated heterocycles. The van der Waals surface area contributed by atoms with E-state index in [0.717, 1.165) is 5.56 Å². The molecule has 5 heteroatoms. The molecular weight excluding hydrogens is 220 g/mol. The predicted molar refractivity (Wildman–Crippen MR) is 63.4 cm³/mol. The van der Waals surface area contributed by atoms with E-state index >= 15 is 0 Å². The van der Waals surface area contributed by atoms with Crippen molar-refractivity contribution in [2.24, 2.45) is 5.73 Å². The monoisotopic (exact) mass is 236 g/mol. The zero-order valence-electron chi connectivity index (χ0n) is 9.68.